The van der Waals surface area contributed by atoms with Crippen LogP contribution in [0, 0.1) is 0 Å². The maximum absolute atomic E-state index is 10.3. The molecule has 12 heteroatoms. The first-order valence-electron chi connectivity index (χ1n) is 10.3. The molecule has 2 heterocycles. The largest absolute Gasteiger partial charge is 0.493 e. The van der Waals surface area contributed by atoms with Crippen LogP contribution in [-0.4, -0.2) is 111 Å². The molecule has 186 valence electrons. The second kappa shape index (κ2) is 11.1. The van der Waals surface area contributed by atoms with Gasteiger partial charge in [0.1, 0.15) is 42.7 Å². The van der Waals surface area contributed by atoms with E-state index in [0.717, 1.165) is 5.56 Å². The molecule has 0 radical (unpaired) electrons. The van der Waals surface area contributed by atoms with Crippen molar-refractivity contribution < 1.29 is 59.4 Å². The van der Waals surface area contributed by atoms with Gasteiger partial charge >= 0.3 is 0 Å². The van der Waals surface area contributed by atoms with Crippen LogP contribution in [0.3, 0.4) is 0 Å². The van der Waals surface area contributed by atoms with Crippen LogP contribution >= 0.6 is 0 Å². The van der Waals surface area contributed by atoms with Crippen LogP contribution in [0.2, 0.25) is 0 Å². The van der Waals surface area contributed by atoms with E-state index < -0.39 is 68.2 Å². The molecule has 2 aliphatic rings. The summed E-state index contributed by atoms with van der Waals surface area (Å²) in [5, 5.41) is 69.7. The predicted molar refractivity (Wildman–Crippen MR) is 109 cm³/mol. The molecule has 1 aromatic rings. The lowest BCUT2D eigenvalue weighted by molar-refractivity contribution is -0.350. The van der Waals surface area contributed by atoms with Gasteiger partial charge in [0, 0.05) is 0 Å². The van der Waals surface area contributed by atoms with Gasteiger partial charge in [0.2, 0.25) is 6.29 Å². The molecule has 0 spiro atoms. The Kier molecular flexibility index (Phi) is 8.64. The van der Waals surface area contributed by atoms with Crippen molar-refractivity contribution in [2.24, 2.45) is 0 Å². The van der Waals surface area contributed by atoms with Crippen molar-refractivity contribution in [3.63, 3.8) is 0 Å². The summed E-state index contributed by atoms with van der Waals surface area (Å²) >= 11 is 0. The van der Waals surface area contributed by atoms with E-state index in [2.05, 4.69) is 6.58 Å². The van der Waals surface area contributed by atoms with E-state index in [1.54, 1.807) is 24.3 Å². The monoisotopic (exact) mass is 474 g/mol. The third-order valence-electron chi connectivity index (χ3n) is 5.49. The molecule has 2 fully saturated rings. The normalized spacial score (nSPS) is 39.2. The summed E-state index contributed by atoms with van der Waals surface area (Å²) in [5.74, 6) is 0.558. The minimum atomic E-state index is -1.81. The van der Waals surface area contributed by atoms with Gasteiger partial charge in [-0.1, -0.05) is 12.1 Å². The van der Waals surface area contributed by atoms with Gasteiger partial charge in [0.05, 0.1) is 13.7 Å². The van der Waals surface area contributed by atoms with Gasteiger partial charge in [-0.3, -0.25) is 0 Å². The van der Waals surface area contributed by atoms with Crippen LogP contribution in [0.4, 0.5) is 0 Å². The standard InChI is InChI=1S/C21H30O12/c1-3-4-9-5-6-10(11(7-9)29-2)31-21-18(27)14(23)13(22)12(32-21)8-30-20-17(26)15(24)16(25)19(28)33-20/h3,5-7,12-28H,1,4,8H2,2H3. The van der Waals surface area contributed by atoms with Crippen molar-refractivity contribution in [1.82, 2.24) is 0 Å². The SMILES string of the molecule is C=CCc1ccc(OC2OC(COC3OC(O)C(O)C(O)C3O)C(O)C(O)C2O)c(OC)c1. The number of ether oxygens (including phenoxy) is 5. The molecule has 3 rings (SSSR count). The zero-order chi connectivity index (χ0) is 24.3. The smallest absolute Gasteiger partial charge is 0.229 e. The highest BCUT2D eigenvalue weighted by Gasteiger charge is 2.47. The van der Waals surface area contributed by atoms with Gasteiger partial charge in [-0.15, -0.1) is 6.58 Å². The van der Waals surface area contributed by atoms with Crippen LogP contribution < -0.4 is 9.47 Å². The highest BCUT2D eigenvalue weighted by atomic mass is 16.8. The molecule has 10 unspecified atom stereocenters. The molecule has 2 saturated heterocycles. The lowest BCUT2D eigenvalue weighted by Gasteiger charge is -2.42. The molecule has 0 saturated carbocycles. The van der Waals surface area contributed by atoms with Crippen LogP contribution in [0.5, 0.6) is 11.5 Å². The third kappa shape index (κ3) is 5.63. The van der Waals surface area contributed by atoms with Crippen molar-refractivity contribution in [1.29, 1.82) is 0 Å². The average Bonchev–Trinajstić information content (AvgIpc) is 2.81. The number of methoxy groups -OCH3 is 1. The maximum Gasteiger partial charge on any atom is 0.229 e. The van der Waals surface area contributed by atoms with Crippen molar-refractivity contribution in [2.75, 3.05) is 13.7 Å². The molecule has 0 aromatic heterocycles. The zero-order valence-electron chi connectivity index (χ0n) is 17.9. The van der Waals surface area contributed by atoms with E-state index in [1.165, 1.54) is 7.11 Å². The summed E-state index contributed by atoms with van der Waals surface area (Å²) in [7, 11) is 1.43. The van der Waals surface area contributed by atoms with Crippen LogP contribution in [-0.2, 0) is 20.6 Å². The summed E-state index contributed by atoms with van der Waals surface area (Å²) in [6, 6.07) is 5.06. The highest BCUT2D eigenvalue weighted by Crippen LogP contribution is 2.32. The van der Waals surface area contributed by atoms with Crippen molar-refractivity contribution in [3.05, 3.63) is 36.4 Å². The second-order valence-corrected chi connectivity index (χ2v) is 7.81. The second-order valence-electron chi connectivity index (χ2n) is 7.81. The average molecular weight is 474 g/mol. The fourth-order valence-electron chi connectivity index (χ4n) is 3.54. The van der Waals surface area contributed by atoms with Crippen LogP contribution in [0.1, 0.15) is 5.56 Å². The molecule has 0 aliphatic carbocycles. The maximum atomic E-state index is 10.3. The summed E-state index contributed by atoms with van der Waals surface area (Å²) < 4.78 is 26.8. The molecule has 12 nitrogen and oxygen atoms in total. The Bertz CT molecular complexity index is 791. The van der Waals surface area contributed by atoms with Crippen molar-refractivity contribution >= 4 is 0 Å². The van der Waals surface area contributed by atoms with Crippen LogP contribution in [0.15, 0.2) is 30.9 Å². The molecule has 33 heavy (non-hydrogen) atoms. The van der Waals surface area contributed by atoms with Gasteiger partial charge in [-0.2, -0.15) is 0 Å². The third-order valence-corrected chi connectivity index (χ3v) is 5.49. The number of allylic oxidation sites excluding steroid dienone is 1. The van der Waals surface area contributed by atoms with Gasteiger partial charge < -0.3 is 59.4 Å². The first kappa shape index (κ1) is 25.8. The fourth-order valence-corrected chi connectivity index (χ4v) is 3.54. The lowest BCUT2D eigenvalue weighted by atomic mass is 9.99. The molecule has 0 bridgehead atoms. The highest BCUT2D eigenvalue weighted by molar-refractivity contribution is 5.43. The minimum Gasteiger partial charge on any atom is -0.493 e. The molecular formula is C21H30O12. The van der Waals surface area contributed by atoms with E-state index >= 15 is 0 Å². The Hall–Kier alpha value is -1.84. The Labute approximate surface area is 189 Å². The molecule has 7 N–H and O–H groups in total. The Balaban J connectivity index is 1.68. The van der Waals surface area contributed by atoms with Crippen molar-refractivity contribution in [3.8, 4) is 11.5 Å². The number of hydrogen-bond acceptors (Lipinski definition) is 12. The minimum absolute atomic E-state index is 0.212. The molecule has 1 aromatic carbocycles. The summed E-state index contributed by atoms with van der Waals surface area (Å²) in [6.07, 6.45) is -13.8. The Morgan fingerprint density at radius 3 is 2.18 bits per heavy atom. The number of hydrogen-bond donors (Lipinski definition) is 7. The van der Waals surface area contributed by atoms with Gasteiger partial charge in [-0.25, -0.2) is 0 Å². The quantitative estimate of drug-likeness (QED) is 0.195. The molecule has 2 aliphatic heterocycles. The first-order chi connectivity index (χ1) is 15.7. The summed E-state index contributed by atoms with van der Waals surface area (Å²) in [6.45, 7) is 3.19. The van der Waals surface area contributed by atoms with E-state index in [0.29, 0.717) is 12.2 Å². The summed E-state index contributed by atoms with van der Waals surface area (Å²) in [5.41, 5.74) is 0.904. The topological polar surface area (TPSA) is 188 Å². The number of aliphatic hydroxyl groups is 7. The Morgan fingerprint density at radius 2 is 1.52 bits per heavy atom. The number of aliphatic hydroxyl groups excluding tert-OH is 7. The van der Waals surface area contributed by atoms with Gasteiger partial charge in [0.15, 0.2) is 24.1 Å². The lowest BCUT2D eigenvalue weighted by Crippen LogP contribution is -2.61. The first-order valence-corrected chi connectivity index (χ1v) is 10.3. The van der Waals surface area contributed by atoms with Crippen LogP contribution in [0.25, 0.3) is 0 Å². The molecule has 0 amide bonds. The molecule has 10 atom stereocenters. The van der Waals surface area contributed by atoms with E-state index in [4.69, 9.17) is 23.7 Å². The van der Waals surface area contributed by atoms with Crippen molar-refractivity contribution in [2.45, 2.75) is 68.0 Å². The van der Waals surface area contributed by atoms with E-state index in [1.807, 2.05) is 0 Å². The fraction of sp³-hybridized carbons (Fsp3) is 0.619. The zero-order valence-corrected chi connectivity index (χ0v) is 17.9. The Morgan fingerprint density at radius 1 is 0.848 bits per heavy atom. The van der Waals surface area contributed by atoms with Gasteiger partial charge in [0.25, 0.3) is 0 Å². The summed E-state index contributed by atoms with van der Waals surface area (Å²) in [4.78, 5) is 0. The van der Waals surface area contributed by atoms with E-state index in [-0.39, 0.29) is 5.75 Å². The predicted octanol–water partition coefficient (Wildman–Crippen LogP) is -2.62. The number of benzene rings is 1. The number of rotatable bonds is 8. The van der Waals surface area contributed by atoms with E-state index in [9.17, 15) is 35.7 Å². The molecular weight excluding hydrogens is 444 g/mol. The van der Waals surface area contributed by atoms with Gasteiger partial charge in [-0.05, 0) is 24.1 Å².